The van der Waals surface area contributed by atoms with E-state index in [2.05, 4.69) is 29.0 Å². The fourth-order valence-electron chi connectivity index (χ4n) is 6.13. The van der Waals surface area contributed by atoms with E-state index >= 15 is 0 Å². The number of aromatic nitrogens is 2. The maximum Gasteiger partial charge on any atom is 0.159 e. The molecule has 1 aromatic carbocycles. The van der Waals surface area contributed by atoms with E-state index in [1.165, 1.54) is 25.7 Å². The summed E-state index contributed by atoms with van der Waals surface area (Å²) in [5.74, 6) is 0.483. The summed E-state index contributed by atoms with van der Waals surface area (Å²) in [5, 5.41) is 9.93. The predicted molar refractivity (Wildman–Crippen MR) is 159 cm³/mol. The predicted octanol–water partition coefficient (Wildman–Crippen LogP) is 8.52. The van der Waals surface area contributed by atoms with E-state index in [1.54, 1.807) is 13.0 Å². The number of nitrogens with zero attached hydrogens (tertiary/aromatic N) is 3. The number of carbonyl (C=O) groups is 1. The lowest BCUT2D eigenvalue weighted by Crippen LogP contribution is -2.26. The first kappa shape index (κ1) is 26.3. The molecule has 1 unspecified atom stereocenters. The summed E-state index contributed by atoms with van der Waals surface area (Å²) in [6.45, 7) is 8.26. The van der Waals surface area contributed by atoms with Crippen molar-refractivity contribution >= 4 is 45.4 Å². The number of aliphatic imine (C=N–C) groups is 1. The average Bonchev–Trinajstić information content (AvgIpc) is 3.53. The molecule has 0 saturated heterocycles. The molecule has 1 fully saturated rings. The molecule has 1 aliphatic carbocycles. The van der Waals surface area contributed by atoms with E-state index in [0.717, 1.165) is 57.5 Å². The molecule has 3 heterocycles. The van der Waals surface area contributed by atoms with Crippen LogP contribution < -0.4 is 0 Å². The molecular formula is C32H35ClN4O. The minimum Gasteiger partial charge on any atom is -0.323 e. The van der Waals surface area contributed by atoms with E-state index in [-0.39, 0.29) is 11.8 Å². The highest BCUT2D eigenvalue weighted by Gasteiger charge is 2.32. The van der Waals surface area contributed by atoms with Gasteiger partial charge in [0, 0.05) is 62.9 Å². The summed E-state index contributed by atoms with van der Waals surface area (Å²) < 4.78 is 2.31. The lowest BCUT2D eigenvalue weighted by atomic mass is 9.92. The van der Waals surface area contributed by atoms with Crippen molar-refractivity contribution in [1.82, 2.24) is 9.55 Å². The molecule has 0 bridgehead atoms. The second-order valence-corrected chi connectivity index (χ2v) is 11.2. The zero-order valence-corrected chi connectivity index (χ0v) is 23.4. The molecule has 5 rings (SSSR count). The first-order valence-corrected chi connectivity index (χ1v) is 13.9. The molecular weight excluding hydrogens is 492 g/mol. The number of rotatable bonds is 7. The number of nitrogens with one attached hydrogen (secondary N) is 1. The van der Waals surface area contributed by atoms with Gasteiger partial charge in [0.25, 0.3) is 0 Å². The minimum atomic E-state index is -0.0112. The highest BCUT2D eigenvalue weighted by Crippen LogP contribution is 2.42. The smallest absolute Gasteiger partial charge is 0.159 e. The Hall–Kier alpha value is -3.31. The van der Waals surface area contributed by atoms with Gasteiger partial charge in [-0.05, 0) is 71.1 Å². The van der Waals surface area contributed by atoms with Crippen molar-refractivity contribution in [1.29, 1.82) is 5.41 Å². The third kappa shape index (κ3) is 4.92. The summed E-state index contributed by atoms with van der Waals surface area (Å²) in [4.78, 5) is 22.0. The molecule has 0 radical (unpaired) electrons. The second-order valence-electron chi connectivity index (χ2n) is 10.8. The minimum absolute atomic E-state index is 0.0112. The van der Waals surface area contributed by atoms with Gasteiger partial charge in [0.05, 0.1) is 11.8 Å². The molecule has 2 aromatic heterocycles. The molecule has 3 aromatic rings. The largest absolute Gasteiger partial charge is 0.323 e. The van der Waals surface area contributed by atoms with Gasteiger partial charge in [0.1, 0.15) is 5.65 Å². The highest BCUT2D eigenvalue weighted by molar-refractivity contribution is 6.34. The summed E-state index contributed by atoms with van der Waals surface area (Å²) in [6.07, 6.45) is 14.3. The number of halogens is 1. The van der Waals surface area contributed by atoms with Crippen molar-refractivity contribution in [2.24, 2.45) is 10.9 Å². The Morgan fingerprint density at radius 2 is 1.84 bits per heavy atom. The van der Waals surface area contributed by atoms with Gasteiger partial charge in [-0.1, -0.05) is 48.2 Å². The first-order chi connectivity index (χ1) is 18.3. The Morgan fingerprint density at radius 3 is 2.45 bits per heavy atom. The zero-order chi connectivity index (χ0) is 27.0. The van der Waals surface area contributed by atoms with Crippen LogP contribution in [0.5, 0.6) is 0 Å². The van der Waals surface area contributed by atoms with Crippen molar-refractivity contribution in [3.8, 4) is 11.1 Å². The van der Waals surface area contributed by atoms with Crippen molar-refractivity contribution < 1.29 is 4.79 Å². The van der Waals surface area contributed by atoms with Gasteiger partial charge in [-0.2, -0.15) is 0 Å². The number of allylic oxidation sites excluding steroid dienone is 3. The number of pyridine rings is 1. The van der Waals surface area contributed by atoms with Crippen LogP contribution in [0.4, 0.5) is 0 Å². The van der Waals surface area contributed by atoms with E-state index in [9.17, 15) is 4.79 Å². The number of Topliss-reactive ketones (excluding diaryl/α,β-unsaturated/α-hetero) is 1. The molecule has 0 amide bonds. The SMILES string of the molecule is CC(=N)C(=C(C)C)c1cnc2c(c1)c(-c1ccc(C(C)=O)cc1Cl)cn2C(C1=NCCC=C1)C1CCCC1. The molecule has 5 nitrogen and oxygen atoms in total. The van der Waals surface area contributed by atoms with Gasteiger partial charge >= 0.3 is 0 Å². The van der Waals surface area contributed by atoms with Gasteiger partial charge in [-0.15, -0.1) is 0 Å². The molecule has 1 aliphatic heterocycles. The number of ketones is 1. The van der Waals surface area contributed by atoms with Crippen LogP contribution in [0.15, 0.2) is 59.4 Å². The quantitative estimate of drug-likeness (QED) is 0.247. The van der Waals surface area contributed by atoms with Crippen LogP contribution in [0, 0.1) is 11.3 Å². The third-order valence-corrected chi connectivity index (χ3v) is 8.14. The fourth-order valence-corrected chi connectivity index (χ4v) is 6.41. The van der Waals surface area contributed by atoms with Gasteiger partial charge < -0.3 is 9.98 Å². The van der Waals surface area contributed by atoms with Crippen LogP contribution in [0.2, 0.25) is 5.02 Å². The van der Waals surface area contributed by atoms with Gasteiger partial charge in [-0.25, -0.2) is 4.98 Å². The van der Waals surface area contributed by atoms with E-state index < -0.39 is 0 Å². The maximum absolute atomic E-state index is 12.0. The Morgan fingerprint density at radius 1 is 1.08 bits per heavy atom. The topological polar surface area (TPSA) is 71.1 Å². The van der Waals surface area contributed by atoms with E-state index in [1.807, 2.05) is 39.1 Å². The van der Waals surface area contributed by atoms with Crippen LogP contribution in [-0.2, 0) is 0 Å². The molecule has 2 aliphatic rings. The summed E-state index contributed by atoms with van der Waals surface area (Å²) in [7, 11) is 0. The third-order valence-electron chi connectivity index (χ3n) is 7.83. The lowest BCUT2D eigenvalue weighted by molar-refractivity contribution is 0.101. The summed E-state index contributed by atoms with van der Waals surface area (Å²) >= 11 is 6.82. The van der Waals surface area contributed by atoms with E-state index in [4.69, 9.17) is 27.0 Å². The molecule has 6 heteroatoms. The maximum atomic E-state index is 12.0. The standard InChI is InChI=1S/C32H35ClN4O/c1-19(2)30(20(3)34)24-15-26-27(25-13-12-23(21(4)38)16-28(25)33)18-37(32(26)36-17-24)31(22-9-5-6-10-22)29-11-7-8-14-35-29/h7,11-13,15-18,22,31,34H,5-6,8-10,14H2,1-4H3. The summed E-state index contributed by atoms with van der Waals surface area (Å²) in [5.41, 5.74) is 7.88. The van der Waals surface area contributed by atoms with E-state index in [0.29, 0.717) is 22.2 Å². The van der Waals surface area contributed by atoms with Crippen molar-refractivity contribution in [2.45, 2.75) is 65.8 Å². The van der Waals surface area contributed by atoms with Crippen molar-refractivity contribution in [3.05, 3.63) is 70.5 Å². The van der Waals surface area contributed by atoms with Crippen molar-refractivity contribution in [3.63, 3.8) is 0 Å². The van der Waals surface area contributed by atoms with Crippen LogP contribution in [-0.4, -0.2) is 33.3 Å². The Bertz CT molecular complexity index is 1510. The second kappa shape index (κ2) is 10.8. The van der Waals surface area contributed by atoms with Crippen LogP contribution in [0.3, 0.4) is 0 Å². The molecule has 38 heavy (non-hydrogen) atoms. The van der Waals surface area contributed by atoms with Gasteiger partial charge in [0.15, 0.2) is 5.78 Å². The highest BCUT2D eigenvalue weighted by atomic mass is 35.5. The molecule has 1 N–H and O–H groups in total. The Labute approximate surface area is 229 Å². The number of carbonyl (C=O) groups excluding carboxylic acids is 1. The van der Waals surface area contributed by atoms with Crippen LogP contribution >= 0.6 is 11.6 Å². The van der Waals surface area contributed by atoms with Crippen LogP contribution in [0.25, 0.3) is 27.7 Å². The monoisotopic (exact) mass is 526 g/mol. The van der Waals surface area contributed by atoms with Gasteiger partial charge in [-0.3, -0.25) is 9.79 Å². The average molecular weight is 527 g/mol. The van der Waals surface area contributed by atoms with Gasteiger partial charge in [0.2, 0.25) is 0 Å². The normalized spacial score (nSPS) is 16.5. The number of dihydropyridines is 1. The number of fused-ring (bicyclic) bond motifs is 1. The fraction of sp³-hybridized carbons (Fsp3) is 0.375. The van der Waals surface area contributed by atoms with Crippen molar-refractivity contribution in [2.75, 3.05) is 6.54 Å². The van der Waals surface area contributed by atoms with Crippen LogP contribution in [0.1, 0.15) is 81.8 Å². The number of benzene rings is 1. The molecule has 1 saturated carbocycles. The Kier molecular flexibility index (Phi) is 7.49. The molecule has 196 valence electrons. The first-order valence-electron chi connectivity index (χ1n) is 13.5. The number of hydrogen-bond donors (Lipinski definition) is 1. The zero-order valence-electron chi connectivity index (χ0n) is 22.6. The Balaban J connectivity index is 1.78. The summed E-state index contributed by atoms with van der Waals surface area (Å²) in [6, 6.07) is 7.79. The molecule has 0 spiro atoms. The number of hydrogen-bond acceptors (Lipinski definition) is 4. The lowest BCUT2D eigenvalue weighted by Gasteiger charge is -2.27. The molecule has 1 atom stereocenters.